The molecule has 0 aliphatic heterocycles. The molecule has 0 fully saturated rings. The lowest BCUT2D eigenvalue weighted by atomic mass is 10.1. The van der Waals surface area contributed by atoms with Crippen molar-refractivity contribution >= 4 is 5.78 Å². The Morgan fingerprint density at radius 2 is 2.33 bits per heavy atom. The van der Waals surface area contributed by atoms with Crippen LogP contribution in [0.2, 0.25) is 0 Å². The quantitative estimate of drug-likeness (QED) is 0.538. The van der Waals surface area contributed by atoms with Gasteiger partial charge in [-0.3, -0.25) is 9.48 Å². The number of rotatable bonds is 7. The maximum absolute atomic E-state index is 11.6. The van der Waals surface area contributed by atoms with Crippen LogP contribution in [-0.4, -0.2) is 27.3 Å². The van der Waals surface area contributed by atoms with Gasteiger partial charge in [-0.05, 0) is 6.42 Å². The number of carbonyl (C=O) groups excluding carboxylic acids is 1. The van der Waals surface area contributed by atoms with Gasteiger partial charge in [0.25, 0.3) is 0 Å². The Balaban J connectivity index is 2.43. The van der Waals surface area contributed by atoms with Gasteiger partial charge in [0.15, 0.2) is 5.78 Å². The van der Waals surface area contributed by atoms with Gasteiger partial charge in [-0.25, -0.2) is 0 Å². The molecular weight excluding hydrogens is 192 g/mol. The summed E-state index contributed by atoms with van der Waals surface area (Å²) < 4.78 is 1.60. The Morgan fingerprint density at radius 3 is 3.00 bits per heavy atom. The molecule has 0 aliphatic rings. The predicted molar refractivity (Wildman–Crippen MR) is 57.5 cm³/mol. The second kappa shape index (κ2) is 6.29. The van der Waals surface area contributed by atoms with E-state index in [1.807, 2.05) is 0 Å². The van der Waals surface area contributed by atoms with E-state index in [-0.39, 0.29) is 5.78 Å². The average Bonchev–Trinajstić information content (AvgIpc) is 2.67. The molecule has 0 amide bonds. The molecule has 0 aliphatic carbocycles. The summed E-state index contributed by atoms with van der Waals surface area (Å²) in [5, 5.41) is 7.64. The number of nitrogens with two attached hydrogens (primary N) is 1. The molecule has 1 rings (SSSR count). The Morgan fingerprint density at radius 1 is 1.53 bits per heavy atom. The van der Waals surface area contributed by atoms with E-state index in [1.54, 1.807) is 10.9 Å². The smallest absolute Gasteiger partial charge is 0.184 e. The van der Waals surface area contributed by atoms with Crippen LogP contribution in [0.15, 0.2) is 6.20 Å². The zero-order chi connectivity index (χ0) is 11.1. The molecule has 1 aromatic heterocycles. The highest BCUT2D eigenvalue weighted by Gasteiger charge is 2.09. The first-order valence-corrected chi connectivity index (χ1v) is 5.41. The van der Waals surface area contributed by atoms with Gasteiger partial charge in [0, 0.05) is 13.0 Å². The van der Waals surface area contributed by atoms with Gasteiger partial charge in [-0.1, -0.05) is 25.0 Å². The molecule has 15 heavy (non-hydrogen) atoms. The van der Waals surface area contributed by atoms with Crippen molar-refractivity contribution in [3.8, 4) is 0 Å². The minimum absolute atomic E-state index is 0.0757. The first-order chi connectivity index (χ1) is 7.27. The number of unbranched alkanes of at least 4 members (excludes halogenated alkanes) is 2. The summed E-state index contributed by atoms with van der Waals surface area (Å²) >= 11 is 0. The van der Waals surface area contributed by atoms with Crippen molar-refractivity contribution in [3.05, 3.63) is 11.9 Å². The molecule has 0 saturated heterocycles. The van der Waals surface area contributed by atoms with Crippen LogP contribution in [0.3, 0.4) is 0 Å². The van der Waals surface area contributed by atoms with Crippen LogP contribution in [0, 0.1) is 0 Å². The summed E-state index contributed by atoms with van der Waals surface area (Å²) in [5.74, 6) is 0.0757. The number of nitrogens with zero attached hydrogens (tertiary/aromatic N) is 3. The van der Waals surface area contributed by atoms with E-state index in [2.05, 4.69) is 17.2 Å². The van der Waals surface area contributed by atoms with Gasteiger partial charge in [-0.2, -0.15) is 0 Å². The molecule has 0 spiro atoms. The van der Waals surface area contributed by atoms with Gasteiger partial charge in [0.2, 0.25) is 0 Å². The molecule has 1 aromatic rings. The Kier molecular flexibility index (Phi) is 4.97. The molecule has 5 heteroatoms. The zero-order valence-corrected chi connectivity index (χ0v) is 9.15. The molecule has 2 N–H and O–H groups in total. The van der Waals surface area contributed by atoms with Crippen LogP contribution in [0.5, 0.6) is 0 Å². The van der Waals surface area contributed by atoms with E-state index in [0.717, 1.165) is 19.3 Å². The molecule has 0 aromatic carbocycles. The minimum atomic E-state index is 0.0757. The normalized spacial score (nSPS) is 10.5. The predicted octanol–water partition coefficient (Wildman–Crippen LogP) is 1.000. The van der Waals surface area contributed by atoms with Gasteiger partial charge in [-0.15, -0.1) is 5.10 Å². The van der Waals surface area contributed by atoms with Crippen molar-refractivity contribution in [2.75, 3.05) is 6.54 Å². The topological polar surface area (TPSA) is 73.8 Å². The van der Waals surface area contributed by atoms with E-state index in [9.17, 15) is 4.79 Å². The summed E-state index contributed by atoms with van der Waals surface area (Å²) in [6.45, 7) is 3.23. The van der Waals surface area contributed by atoms with Crippen molar-refractivity contribution < 1.29 is 4.79 Å². The Labute approximate surface area is 89.6 Å². The maximum atomic E-state index is 11.6. The van der Waals surface area contributed by atoms with Crippen molar-refractivity contribution in [2.24, 2.45) is 5.73 Å². The lowest BCUT2D eigenvalue weighted by molar-refractivity contribution is 0.0974. The van der Waals surface area contributed by atoms with E-state index in [0.29, 0.717) is 25.2 Å². The molecule has 5 nitrogen and oxygen atoms in total. The van der Waals surface area contributed by atoms with Crippen LogP contribution in [0.1, 0.15) is 43.1 Å². The highest BCUT2D eigenvalue weighted by atomic mass is 16.1. The molecule has 0 unspecified atom stereocenters. The number of aromatic nitrogens is 3. The summed E-state index contributed by atoms with van der Waals surface area (Å²) in [7, 11) is 0. The maximum Gasteiger partial charge on any atom is 0.184 e. The summed E-state index contributed by atoms with van der Waals surface area (Å²) in [5.41, 5.74) is 5.83. The first kappa shape index (κ1) is 11.8. The number of hydrogen-bond acceptors (Lipinski definition) is 4. The highest BCUT2D eigenvalue weighted by molar-refractivity contribution is 5.93. The Bertz CT molecular complexity index is 308. The molecule has 0 saturated carbocycles. The summed E-state index contributed by atoms with van der Waals surface area (Å²) in [6.07, 6.45) is 5.37. The monoisotopic (exact) mass is 210 g/mol. The minimum Gasteiger partial charge on any atom is -0.329 e. The van der Waals surface area contributed by atoms with Gasteiger partial charge >= 0.3 is 0 Å². The molecule has 0 bridgehead atoms. The third kappa shape index (κ3) is 3.79. The fraction of sp³-hybridized carbons (Fsp3) is 0.700. The van der Waals surface area contributed by atoms with Crippen LogP contribution in [0.25, 0.3) is 0 Å². The number of carbonyl (C=O) groups is 1. The SMILES string of the molecule is CCCCCC(=O)c1cn(CCN)nn1. The second-order valence-electron chi connectivity index (χ2n) is 3.54. The third-order valence-electron chi connectivity index (χ3n) is 2.19. The molecule has 84 valence electrons. The fourth-order valence-electron chi connectivity index (χ4n) is 1.33. The fourth-order valence-corrected chi connectivity index (χ4v) is 1.33. The third-order valence-corrected chi connectivity index (χ3v) is 2.19. The highest BCUT2D eigenvalue weighted by Crippen LogP contribution is 2.05. The van der Waals surface area contributed by atoms with E-state index < -0.39 is 0 Å². The van der Waals surface area contributed by atoms with E-state index in [1.165, 1.54) is 0 Å². The van der Waals surface area contributed by atoms with Crippen molar-refractivity contribution in [3.63, 3.8) is 0 Å². The number of hydrogen-bond donors (Lipinski definition) is 1. The number of Topliss-reactive ketones (excluding diaryl/α,β-unsaturated/α-hetero) is 1. The van der Waals surface area contributed by atoms with Crippen molar-refractivity contribution in [1.29, 1.82) is 0 Å². The zero-order valence-electron chi connectivity index (χ0n) is 9.15. The second-order valence-corrected chi connectivity index (χ2v) is 3.54. The van der Waals surface area contributed by atoms with Gasteiger partial charge < -0.3 is 5.73 Å². The van der Waals surface area contributed by atoms with Crippen LogP contribution in [0.4, 0.5) is 0 Å². The van der Waals surface area contributed by atoms with Crippen LogP contribution >= 0.6 is 0 Å². The van der Waals surface area contributed by atoms with Crippen LogP contribution in [-0.2, 0) is 6.54 Å². The van der Waals surface area contributed by atoms with E-state index >= 15 is 0 Å². The van der Waals surface area contributed by atoms with Gasteiger partial charge in [0.05, 0.1) is 12.7 Å². The molecule has 0 radical (unpaired) electrons. The number of ketones is 1. The average molecular weight is 210 g/mol. The van der Waals surface area contributed by atoms with Crippen molar-refractivity contribution in [2.45, 2.75) is 39.2 Å². The van der Waals surface area contributed by atoms with Gasteiger partial charge in [0.1, 0.15) is 5.69 Å². The Hall–Kier alpha value is -1.23. The first-order valence-electron chi connectivity index (χ1n) is 5.41. The molecular formula is C10H18N4O. The molecule has 1 heterocycles. The van der Waals surface area contributed by atoms with E-state index in [4.69, 9.17) is 5.73 Å². The van der Waals surface area contributed by atoms with Crippen molar-refractivity contribution in [1.82, 2.24) is 15.0 Å². The summed E-state index contributed by atoms with van der Waals surface area (Å²) in [4.78, 5) is 11.6. The largest absolute Gasteiger partial charge is 0.329 e. The van der Waals surface area contributed by atoms with Crippen LogP contribution < -0.4 is 5.73 Å². The standard InChI is InChI=1S/C10H18N4O/c1-2-3-4-5-10(15)9-8-14(7-6-11)13-12-9/h8H,2-7,11H2,1H3. The lowest BCUT2D eigenvalue weighted by Crippen LogP contribution is -2.10. The lowest BCUT2D eigenvalue weighted by Gasteiger charge is -1.95. The molecule has 0 atom stereocenters. The summed E-state index contributed by atoms with van der Waals surface area (Å²) in [6, 6.07) is 0.